The summed E-state index contributed by atoms with van der Waals surface area (Å²) < 4.78 is 38.9. The fraction of sp³-hybridized carbons (Fsp3) is 0.500. The smallest absolute Gasteiger partial charge is 0.317 e. The molecule has 0 bridgehead atoms. The Balaban J connectivity index is 1.86. The molecule has 0 spiro atoms. The quantitative estimate of drug-likeness (QED) is 0.829. The van der Waals surface area contributed by atoms with E-state index in [-0.39, 0.29) is 18.1 Å². The van der Waals surface area contributed by atoms with Crippen molar-refractivity contribution in [3.63, 3.8) is 0 Å². The predicted octanol–water partition coefficient (Wildman–Crippen LogP) is 3.05. The minimum atomic E-state index is -1.50. The number of nitrogens with zero attached hydrogens (tertiary/aromatic N) is 1. The topological polar surface area (TPSA) is 32.3 Å². The van der Waals surface area contributed by atoms with Crippen molar-refractivity contribution in [2.24, 2.45) is 5.92 Å². The molecule has 0 atom stereocenters. The van der Waals surface area contributed by atoms with Gasteiger partial charge in [0.05, 0.1) is 0 Å². The summed E-state index contributed by atoms with van der Waals surface area (Å²) in [5.41, 5.74) is 0.209. The van der Waals surface area contributed by atoms with Crippen LogP contribution >= 0.6 is 0 Å². The van der Waals surface area contributed by atoms with Crippen LogP contribution in [0, 0.1) is 23.4 Å². The van der Waals surface area contributed by atoms with Gasteiger partial charge < -0.3 is 10.2 Å². The number of benzene rings is 1. The number of hydrogen-bond acceptors (Lipinski definition) is 1. The van der Waals surface area contributed by atoms with Crippen molar-refractivity contribution in [1.29, 1.82) is 0 Å². The van der Waals surface area contributed by atoms with E-state index in [4.69, 9.17) is 0 Å². The van der Waals surface area contributed by atoms with Crippen LogP contribution in [0.4, 0.5) is 18.0 Å². The first kappa shape index (κ1) is 14.7. The van der Waals surface area contributed by atoms with E-state index in [1.165, 1.54) is 24.8 Å². The van der Waals surface area contributed by atoms with E-state index >= 15 is 0 Å². The van der Waals surface area contributed by atoms with Gasteiger partial charge in [-0.3, -0.25) is 0 Å². The van der Waals surface area contributed by atoms with Crippen LogP contribution in [0.1, 0.15) is 24.8 Å². The summed E-state index contributed by atoms with van der Waals surface area (Å²) in [6.07, 6.45) is 3.40. The first-order valence-electron chi connectivity index (χ1n) is 6.59. The van der Waals surface area contributed by atoms with Crippen LogP contribution in [0.5, 0.6) is 0 Å². The van der Waals surface area contributed by atoms with E-state index < -0.39 is 17.5 Å². The van der Waals surface area contributed by atoms with Gasteiger partial charge in [-0.2, -0.15) is 0 Å². The molecular formula is C14H17F3N2O. The molecule has 1 saturated carbocycles. The maximum Gasteiger partial charge on any atom is 0.317 e. The van der Waals surface area contributed by atoms with Crippen molar-refractivity contribution >= 4 is 6.03 Å². The minimum Gasteiger partial charge on any atom is -0.338 e. The third-order valence-corrected chi connectivity index (χ3v) is 3.34. The number of amides is 2. The zero-order valence-corrected chi connectivity index (χ0v) is 11.3. The molecule has 2 amide bonds. The van der Waals surface area contributed by atoms with Gasteiger partial charge in [-0.05, 0) is 30.0 Å². The van der Waals surface area contributed by atoms with E-state index in [0.29, 0.717) is 6.54 Å². The van der Waals surface area contributed by atoms with E-state index in [0.717, 1.165) is 24.5 Å². The van der Waals surface area contributed by atoms with Crippen molar-refractivity contribution in [3.05, 3.63) is 35.1 Å². The molecule has 3 nitrogen and oxygen atoms in total. The van der Waals surface area contributed by atoms with Crippen LogP contribution in [0.25, 0.3) is 0 Å². The van der Waals surface area contributed by atoms with Gasteiger partial charge in [-0.15, -0.1) is 0 Å². The lowest BCUT2D eigenvalue weighted by atomic mass is 10.2. The molecule has 1 aromatic carbocycles. The number of hydrogen-bond donors (Lipinski definition) is 1. The third kappa shape index (κ3) is 3.88. The van der Waals surface area contributed by atoms with Gasteiger partial charge in [0.1, 0.15) is 0 Å². The molecule has 1 fully saturated rings. The second kappa shape index (κ2) is 6.15. The molecule has 0 radical (unpaired) electrons. The normalized spacial score (nSPS) is 14.2. The summed E-state index contributed by atoms with van der Waals surface area (Å²) in [4.78, 5) is 13.0. The molecule has 0 aliphatic heterocycles. The molecule has 6 heteroatoms. The SMILES string of the molecule is CN(Cc1cc(F)c(F)c(F)c1)C(=O)NCCC1CC1. The highest BCUT2D eigenvalue weighted by molar-refractivity contribution is 5.73. The molecule has 110 valence electrons. The summed E-state index contributed by atoms with van der Waals surface area (Å²) >= 11 is 0. The summed E-state index contributed by atoms with van der Waals surface area (Å²) in [7, 11) is 1.52. The fourth-order valence-corrected chi connectivity index (χ4v) is 1.97. The summed E-state index contributed by atoms with van der Waals surface area (Å²) in [5, 5.41) is 2.74. The molecule has 0 unspecified atom stereocenters. The number of urea groups is 1. The summed E-state index contributed by atoms with van der Waals surface area (Å²) in [6.45, 7) is 0.614. The monoisotopic (exact) mass is 286 g/mol. The highest BCUT2D eigenvalue weighted by Crippen LogP contribution is 2.31. The Kier molecular flexibility index (Phi) is 4.52. The lowest BCUT2D eigenvalue weighted by Crippen LogP contribution is -2.37. The van der Waals surface area contributed by atoms with E-state index in [2.05, 4.69) is 5.32 Å². The largest absolute Gasteiger partial charge is 0.338 e. The van der Waals surface area contributed by atoms with Crippen LogP contribution in [0.3, 0.4) is 0 Å². The minimum absolute atomic E-state index is 0.0172. The summed E-state index contributed by atoms with van der Waals surface area (Å²) in [5.74, 6) is -3.27. The molecule has 0 saturated heterocycles. The Morgan fingerprint density at radius 1 is 1.30 bits per heavy atom. The molecule has 1 aromatic rings. The first-order chi connectivity index (χ1) is 9.47. The number of nitrogens with one attached hydrogen (secondary N) is 1. The summed E-state index contributed by atoms with van der Waals surface area (Å²) in [6, 6.07) is 1.48. The fourth-order valence-electron chi connectivity index (χ4n) is 1.97. The molecule has 1 N–H and O–H groups in total. The van der Waals surface area contributed by atoms with Crippen LogP contribution in [-0.4, -0.2) is 24.5 Å². The predicted molar refractivity (Wildman–Crippen MR) is 68.5 cm³/mol. The van der Waals surface area contributed by atoms with Crippen LogP contribution in [0.15, 0.2) is 12.1 Å². The lowest BCUT2D eigenvalue weighted by molar-refractivity contribution is 0.206. The van der Waals surface area contributed by atoms with Gasteiger partial charge in [0, 0.05) is 20.1 Å². The standard InChI is InChI=1S/C14H17F3N2O/c1-19(14(20)18-5-4-9-2-3-9)8-10-6-11(15)13(17)12(16)7-10/h6-7,9H,2-5,8H2,1H3,(H,18,20). The lowest BCUT2D eigenvalue weighted by Gasteiger charge is -2.18. The highest BCUT2D eigenvalue weighted by atomic mass is 19.2. The van der Waals surface area contributed by atoms with Gasteiger partial charge in [0.2, 0.25) is 0 Å². The van der Waals surface area contributed by atoms with Crippen LogP contribution in [0.2, 0.25) is 0 Å². The number of rotatable bonds is 5. The van der Waals surface area contributed by atoms with Crippen molar-refractivity contribution < 1.29 is 18.0 Å². The van der Waals surface area contributed by atoms with E-state index in [9.17, 15) is 18.0 Å². The molecule has 1 aliphatic carbocycles. The molecule has 0 heterocycles. The Hall–Kier alpha value is -1.72. The van der Waals surface area contributed by atoms with Gasteiger partial charge in [-0.1, -0.05) is 12.8 Å². The third-order valence-electron chi connectivity index (χ3n) is 3.34. The number of carbonyl (C=O) groups is 1. The highest BCUT2D eigenvalue weighted by Gasteiger charge is 2.21. The second-order valence-corrected chi connectivity index (χ2v) is 5.19. The van der Waals surface area contributed by atoms with Gasteiger partial charge in [-0.25, -0.2) is 18.0 Å². The maximum atomic E-state index is 13.1. The number of carbonyl (C=O) groups excluding carboxylic acids is 1. The van der Waals surface area contributed by atoms with Crippen molar-refractivity contribution in [3.8, 4) is 0 Å². The average molecular weight is 286 g/mol. The van der Waals surface area contributed by atoms with Crippen molar-refractivity contribution in [2.45, 2.75) is 25.8 Å². The first-order valence-corrected chi connectivity index (χ1v) is 6.59. The van der Waals surface area contributed by atoms with Crippen LogP contribution in [-0.2, 0) is 6.54 Å². The molecule has 2 rings (SSSR count). The van der Waals surface area contributed by atoms with Gasteiger partial charge >= 0.3 is 6.03 Å². The Bertz CT molecular complexity index is 480. The molecular weight excluding hydrogens is 269 g/mol. The molecule has 20 heavy (non-hydrogen) atoms. The Labute approximate surface area is 115 Å². The number of halogens is 3. The zero-order chi connectivity index (χ0) is 14.7. The average Bonchev–Trinajstić information content (AvgIpc) is 3.19. The van der Waals surface area contributed by atoms with E-state index in [1.807, 2.05) is 0 Å². The Morgan fingerprint density at radius 2 is 1.90 bits per heavy atom. The van der Waals surface area contributed by atoms with Gasteiger partial charge in [0.15, 0.2) is 17.5 Å². The van der Waals surface area contributed by atoms with E-state index in [1.54, 1.807) is 0 Å². The van der Waals surface area contributed by atoms with Crippen molar-refractivity contribution in [2.75, 3.05) is 13.6 Å². The molecule has 0 aromatic heterocycles. The van der Waals surface area contributed by atoms with Gasteiger partial charge in [0.25, 0.3) is 0 Å². The second-order valence-electron chi connectivity index (χ2n) is 5.19. The zero-order valence-electron chi connectivity index (χ0n) is 11.3. The maximum absolute atomic E-state index is 13.1. The van der Waals surface area contributed by atoms with Crippen molar-refractivity contribution in [1.82, 2.24) is 10.2 Å². The molecule has 1 aliphatic rings. The Morgan fingerprint density at radius 3 is 2.45 bits per heavy atom. The van der Waals surface area contributed by atoms with Crippen LogP contribution < -0.4 is 5.32 Å².